The molecule has 1 aliphatic carbocycles. The van der Waals surface area contributed by atoms with Crippen LogP contribution in [0.4, 0.5) is 5.82 Å². The van der Waals surface area contributed by atoms with Crippen LogP contribution in [0.5, 0.6) is 5.75 Å². The fourth-order valence-electron chi connectivity index (χ4n) is 2.36. The van der Waals surface area contributed by atoms with Crippen LogP contribution in [0.1, 0.15) is 30.2 Å². The number of nitrogens with two attached hydrogens (primary N) is 1. The van der Waals surface area contributed by atoms with Crippen molar-refractivity contribution >= 4 is 21.7 Å². The zero-order valence-electron chi connectivity index (χ0n) is 10.3. The van der Waals surface area contributed by atoms with Crippen molar-refractivity contribution in [1.29, 1.82) is 0 Å². The van der Waals surface area contributed by atoms with Crippen molar-refractivity contribution in [2.75, 3.05) is 5.73 Å². The van der Waals surface area contributed by atoms with Gasteiger partial charge in [-0.2, -0.15) is 0 Å². The van der Waals surface area contributed by atoms with Crippen molar-refractivity contribution in [1.82, 2.24) is 9.97 Å². The first kappa shape index (κ1) is 12.4. The Morgan fingerprint density at radius 3 is 3.16 bits per heavy atom. The minimum atomic E-state index is 0.0100. The number of ether oxygens (including phenoxy) is 1. The first-order chi connectivity index (χ1) is 9.24. The maximum absolute atomic E-state index is 6.04. The second-order valence-corrected chi connectivity index (χ2v) is 5.49. The van der Waals surface area contributed by atoms with Crippen LogP contribution in [0.25, 0.3) is 0 Å². The number of aromatic nitrogens is 2. The van der Waals surface area contributed by atoms with E-state index in [-0.39, 0.29) is 6.10 Å². The van der Waals surface area contributed by atoms with Crippen LogP contribution < -0.4 is 10.5 Å². The van der Waals surface area contributed by atoms with Crippen LogP contribution in [-0.4, -0.2) is 9.97 Å². The van der Waals surface area contributed by atoms with Crippen molar-refractivity contribution < 1.29 is 4.74 Å². The number of anilines is 1. The number of hydrogen-bond acceptors (Lipinski definition) is 4. The second kappa shape index (κ2) is 5.17. The van der Waals surface area contributed by atoms with E-state index in [0.29, 0.717) is 11.6 Å². The van der Waals surface area contributed by atoms with Crippen LogP contribution in [0.3, 0.4) is 0 Å². The molecule has 2 heterocycles. The summed E-state index contributed by atoms with van der Waals surface area (Å²) in [5.74, 6) is 1.04. The zero-order chi connectivity index (χ0) is 13.2. The number of nitrogen functional groups attached to an aromatic ring is 1. The van der Waals surface area contributed by atoms with Gasteiger partial charge >= 0.3 is 0 Å². The first-order valence-corrected chi connectivity index (χ1v) is 7.05. The van der Waals surface area contributed by atoms with E-state index in [9.17, 15) is 0 Å². The Morgan fingerprint density at radius 2 is 2.26 bits per heavy atom. The molecule has 2 aromatic rings. The summed E-state index contributed by atoms with van der Waals surface area (Å²) in [6, 6.07) is 5.88. The highest BCUT2D eigenvalue weighted by atomic mass is 79.9. The fraction of sp³-hybridized carbons (Fsp3) is 0.286. The standard InChI is InChI=1S/C14H14BrN3O/c15-9-7-13(14(16)18-8-9)19-12-5-1-4-11-10(12)3-2-6-17-11/h2-3,6-8,12H,1,4-5H2,(H2,16,18). The van der Waals surface area contributed by atoms with E-state index in [2.05, 4.69) is 32.0 Å². The Hall–Kier alpha value is -1.62. The number of pyridine rings is 2. The molecule has 19 heavy (non-hydrogen) atoms. The molecule has 1 atom stereocenters. The molecular weight excluding hydrogens is 306 g/mol. The van der Waals surface area contributed by atoms with E-state index in [1.165, 1.54) is 0 Å². The summed E-state index contributed by atoms with van der Waals surface area (Å²) in [6.07, 6.45) is 6.58. The van der Waals surface area contributed by atoms with Crippen molar-refractivity contribution in [3.05, 3.63) is 46.3 Å². The molecule has 0 saturated carbocycles. The monoisotopic (exact) mass is 319 g/mol. The molecule has 2 aromatic heterocycles. The molecule has 0 aliphatic heterocycles. The Labute approximate surface area is 120 Å². The number of hydrogen-bond donors (Lipinski definition) is 1. The SMILES string of the molecule is Nc1ncc(Br)cc1OC1CCCc2ncccc21. The lowest BCUT2D eigenvalue weighted by molar-refractivity contribution is 0.183. The zero-order valence-corrected chi connectivity index (χ0v) is 11.9. The molecule has 0 bridgehead atoms. The summed E-state index contributed by atoms with van der Waals surface area (Å²) >= 11 is 3.38. The van der Waals surface area contributed by atoms with Gasteiger partial charge in [0, 0.05) is 28.1 Å². The van der Waals surface area contributed by atoms with E-state index in [1.54, 1.807) is 6.20 Å². The quantitative estimate of drug-likeness (QED) is 0.922. The Morgan fingerprint density at radius 1 is 1.37 bits per heavy atom. The first-order valence-electron chi connectivity index (χ1n) is 6.25. The lowest BCUT2D eigenvalue weighted by Crippen LogP contribution is -2.17. The van der Waals surface area contributed by atoms with Gasteiger partial charge in [0.05, 0.1) is 0 Å². The van der Waals surface area contributed by atoms with Crippen LogP contribution in [0.2, 0.25) is 0 Å². The van der Waals surface area contributed by atoms with Crippen molar-refractivity contribution in [2.24, 2.45) is 0 Å². The van der Waals surface area contributed by atoms with E-state index >= 15 is 0 Å². The Balaban J connectivity index is 1.90. The van der Waals surface area contributed by atoms with Gasteiger partial charge in [-0.3, -0.25) is 4.98 Å². The third-order valence-electron chi connectivity index (χ3n) is 3.27. The van der Waals surface area contributed by atoms with E-state index in [0.717, 1.165) is 35.0 Å². The highest BCUT2D eigenvalue weighted by molar-refractivity contribution is 9.10. The van der Waals surface area contributed by atoms with Crippen LogP contribution >= 0.6 is 15.9 Å². The molecule has 4 nitrogen and oxygen atoms in total. The summed E-state index contributed by atoms with van der Waals surface area (Å²) < 4.78 is 6.90. The number of fused-ring (bicyclic) bond motifs is 1. The summed E-state index contributed by atoms with van der Waals surface area (Å²) in [4.78, 5) is 8.51. The molecule has 2 N–H and O–H groups in total. The Kier molecular flexibility index (Phi) is 3.38. The Bertz CT molecular complexity index is 603. The molecule has 98 valence electrons. The summed E-state index contributed by atoms with van der Waals surface area (Å²) in [7, 11) is 0. The van der Waals surface area contributed by atoms with Gasteiger partial charge in [0.2, 0.25) is 0 Å². The van der Waals surface area contributed by atoms with Gasteiger partial charge in [-0.05, 0) is 47.3 Å². The van der Waals surface area contributed by atoms with Crippen molar-refractivity contribution in [2.45, 2.75) is 25.4 Å². The van der Waals surface area contributed by atoms with Crippen molar-refractivity contribution in [3.63, 3.8) is 0 Å². The third kappa shape index (κ3) is 2.56. The molecule has 0 amide bonds. The molecule has 0 spiro atoms. The largest absolute Gasteiger partial charge is 0.482 e. The average Bonchev–Trinajstić information content (AvgIpc) is 2.43. The second-order valence-electron chi connectivity index (χ2n) is 4.57. The van der Waals surface area contributed by atoms with Gasteiger partial charge < -0.3 is 10.5 Å². The molecule has 0 saturated heterocycles. The average molecular weight is 320 g/mol. The topological polar surface area (TPSA) is 61.0 Å². The number of halogens is 1. The molecule has 0 fully saturated rings. The van der Waals surface area contributed by atoms with Gasteiger partial charge in [0.1, 0.15) is 6.10 Å². The predicted molar refractivity (Wildman–Crippen MR) is 76.9 cm³/mol. The van der Waals surface area contributed by atoms with E-state index < -0.39 is 0 Å². The summed E-state index contributed by atoms with van der Waals surface area (Å²) in [5, 5.41) is 0. The highest BCUT2D eigenvalue weighted by Gasteiger charge is 2.23. The lowest BCUT2D eigenvalue weighted by atomic mass is 9.93. The minimum absolute atomic E-state index is 0.0100. The predicted octanol–water partition coefficient (Wildman–Crippen LogP) is 3.28. The minimum Gasteiger partial charge on any atom is -0.482 e. The van der Waals surface area contributed by atoms with Crippen molar-refractivity contribution in [3.8, 4) is 5.75 Å². The third-order valence-corrected chi connectivity index (χ3v) is 3.70. The number of aryl methyl sites for hydroxylation is 1. The molecular formula is C14H14BrN3O. The fourth-order valence-corrected chi connectivity index (χ4v) is 2.67. The van der Waals surface area contributed by atoms with Gasteiger partial charge in [0.15, 0.2) is 11.6 Å². The van der Waals surface area contributed by atoms with E-state index in [1.807, 2.05) is 18.3 Å². The van der Waals surface area contributed by atoms with Crippen LogP contribution in [0, 0.1) is 0 Å². The number of rotatable bonds is 2. The highest BCUT2D eigenvalue weighted by Crippen LogP contribution is 2.34. The van der Waals surface area contributed by atoms with Crippen LogP contribution in [-0.2, 0) is 6.42 Å². The summed E-state index contributed by atoms with van der Waals surface area (Å²) in [5.41, 5.74) is 8.14. The maximum atomic E-state index is 6.04. The molecule has 1 aliphatic rings. The lowest BCUT2D eigenvalue weighted by Gasteiger charge is -2.25. The molecule has 0 radical (unpaired) electrons. The molecule has 1 unspecified atom stereocenters. The normalized spacial score (nSPS) is 17.8. The number of nitrogens with zero attached hydrogens (tertiary/aromatic N) is 2. The van der Waals surface area contributed by atoms with Gasteiger partial charge in [-0.1, -0.05) is 6.07 Å². The smallest absolute Gasteiger partial charge is 0.166 e. The van der Waals surface area contributed by atoms with Gasteiger partial charge in [-0.15, -0.1) is 0 Å². The van der Waals surface area contributed by atoms with Gasteiger partial charge in [0.25, 0.3) is 0 Å². The molecule has 0 aromatic carbocycles. The molecule has 5 heteroatoms. The van der Waals surface area contributed by atoms with E-state index in [4.69, 9.17) is 10.5 Å². The maximum Gasteiger partial charge on any atom is 0.166 e. The van der Waals surface area contributed by atoms with Gasteiger partial charge in [-0.25, -0.2) is 4.98 Å². The molecule has 3 rings (SSSR count). The van der Waals surface area contributed by atoms with Crippen LogP contribution in [0.15, 0.2) is 35.1 Å². The summed E-state index contributed by atoms with van der Waals surface area (Å²) in [6.45, 7) is 0.